The first-order valence-electron chi connectivity index (χ1n) is 4.25. The highest BCUT2D eigenvalue weighted by Crippen LogP contribution is 2.23. The molecule has 2 rings (SSSR count). The summed E-state index contributed by atoms with van der Waals surface area (Å²) in [5.41, 5.74) is 5.41. The summed E-state index contributed by atoms with van der Waals surface area (Å²) in [6, 6.07) is 2.19. The lowest BCUT2D eigenvalue weighted by molar-refractivity contribution is -0.274. The van der Waals surface area contributed by atoms with Gasteiger partial charge in [-0.05, 0) is 12.1 Å². The van der Waals surface area contributed by atoms with Gasteiger partial charge in [0.1, 0.15) is 11.4 Å². The van der Waals surface area contributed by atoms with Gasteiger partial charge in [0, 0.05) is 0 Å². The number of rotatable bonds is 2. The van der Waals surface area contributed by atoms with E-state index in [4.69, 9.17) is 5.73 Å². The van der Waals surface area contributed by atoms with Crippen molar-refractivity contribution in [3.8, 4) is 17.3 Å². The zero-order valence-corrected chi connectivity index (χ0v) is 8.10. The molecule has 0 saturated heterocycles. The van der Waals surface area contributed by atoms with Crippen molar-refractivity contribution in [1.29, 1.82) is 0 Å². The van der Waals surface area contributed by atoms with Gasteiger partial charge in [0.2, 0.25) is 5.82 Å². The number of pyridine rings is 1. The van der Waals surface area contributed by atoms with Gasteiger partial charge in [0.25, 0.3) is 0 Å². The second-order valence-electron chi connectivity index (χ2n) is 2.88. The van der Waals surface area contributed by atoms with E-state index in [-0.39, 0.29) is 17.5 Å². The van der Waals surface area contributed by atoms with Gasteiger partial charge in [0.15, 0.2) is 0 Å². The van der Waals surface area contributed by atoms with Gasteiger partial charge in [-0.3, -0.25) is 0 Å². The summed E-state index contributed by atoms with van der Waals surface area (Å²) in [5.74, 6) is -0.348. The highest BCUT2D eigenvalue weighted by molar-refractivity contribution is 5.50. The summed E-state index contributed by atoms with van der Waals surface area (Å²) in [6.07, 6.45) is -3.85. The maximum absolute atomic E-state index is 11.9. The smallest absolute Gasteiger partial charge is 0.404 e. The monoisotopic (exact) mass is 246 g/mol. The highest BCUT2D eigenvalue weighted by atomic mass is 19.4. The van der Waals surface area contributed by atoms with E-state index in [0.29, 0.717) is 0 Å². The molecule has 0 spiro atoms. The molecule has 0 aliphatic heterocycles. The molecule has 2 N–H and O–H groups in total. The van der Waals surface area contributed by atoms with Gasteiger partial charge < -0.3 is 15.0 Å². The van der Waals surface area contributed by atoms with Crippen LogP contribution in [0.15, 0.2) is 22.9 Å². The van der Waals surface area contributed by atoms with E-state index < -0.39 is 12.1 Å². The molecule has 0 amide bonds. The van der Waals surface area contributed by atoms with Gasteiger partial charge >= 0.3 is 12.4 Å². The molecule has 0 aliphatic carbocycles. The molecule has 90 valence electrons. The van der Waals surface area contributed by atoms with Crippen LogP contribution in [0.25, 0.3) is 11.5 Å². The van der Waals surface area contributed by atoms with Crippen molar-refractivity contribution in [1.82, 2.24) is 15.1 Å². The largest absolute Gasteiger partial charge is 0.573 e. The number of alkyl halides is 3. The molecule has 0 atom stereocenters. The van der Waals surface area contributed by atoms with Crippen LogP contribution < -0.4 is 10.5 Å². The summed E-state index contributed by atoms with van der Waals surface area (Å²) < 4.78 is 43.7. The maximum atomic E-state index is 11.9. The molecular weight excluding hydrogens is 241 g/mol. The van der Waals surface area contributed by atoms with Crippen LogP contribution in [-0.2, 0) is 0 Å². The average Bonchev–Trinajstić information content (AvgIpc) is 2.63. The molecular formula is C8H5F3N4O2. The molecule has 0 unspecified atom stereocenters. The Balaban J connectivity index is 2.19. The van der Waals surface area contributed by atoms with Crippen LogP contribution in [0.1, 0.15) is 0 Å². The van der Waals surface area contributed by atoms with Crippen molar-refractivity contribution in [3.05, 3.63) is 18.3 Å². The fourth-order valence-electron chi connectivity index (χ4n) is 1.05. The SMILES string of the molecule is Nc1nc(-c2ccc(OC(F)(F)F)cn2)no1. The van der Waals surface area contributed by atoms with E-state index in [9.17, 15) is 13.2 Å². The molecule has 0 radical (unpaired) electrons. The Bertz CT molecular complexity index is 508. The number of aromatic nitrogens is 3. The molecule has 0 bridgehead atoms. The summed E-state index contributed by atoms with van der Waals surface area (Å²) >= 11 is 0. The maximum Gasteiger partial charge on any atom is 0.573 e. The van der Waals surface area contributed by atoms with Gasteiger partial charge in [0.05, 0.1) is 6.20 Å². The summed E-state index contributed by atoms with van der Waals surface area (Å²) in [5, 5.41) is 3.45. The predicted octanol–water partition coefficient (Wildman–Crippen LogP) is 1.61. The summed E-state index contributed by atoms with van der Waals surface area (Å²) in [7, 11) is 0. The van der Waals surface area contributed by atoms with Crippen LogP contribution in [0, 0.1) is 0 Å². The van der Waals surface area contributed by atoms with Crippen LogP contribution in [0.3, 0.4) is 0 Å². The molecule has 0 aliphatic rings. The lowest BCUT2D eigenvalue weighted by Crippen LogP contribution is -2.17. The summed E-state index contributed by atoms with van der Waals surface area (Å²) in [6.45, 7) is 0. The number of nitrogens with zero attached hydrogens (tertiary/aromatic N) is 3. The van der Waals surface area contributed by atoms with Crippen LogP contribution >= 0.6 is 0 Å². The Hall–Kier alpha value is -2.32. The van der Waals surface area contributed by atoms with Crippen molar-refractivity contribution < 1.29 is 22.4 Å². The second-order valence-corrected chi connectivity index (χ2v) is 2.88. The third kappa shape index (κ3) is 2.83. The number of hydrogen-bond donors (Lipinski definition) is 1. The first kappa shape index (κ1) is 11.2. The van der Waals surface area contributed by atoms with Crippen molar-refractivity contribution in [2.24, 2.45) is 0 Å². The zero-order valence-electron chi connectivity index (χ0n) is 8.10. The molecule has 0 aromatic carbocycles. The van der Waals surface area contributed by atoms with Gasteiger partial charge in [-0.25, -0.2) is 4.98 Å². The first-order valence-corrected chi connectivity index (χ1v) is 4.25. The van der Waals surface area contributed by atoms with Crippen molar-refractivity contribution in [2.45, 2.75) is 6.36 Å². The standard InChI is InChI=1S/C8H5F3N4O2/c9-8(10,11)16-4-1-2-5(13-3-4)6-14-7(12)17-15-6/h1-3H,(H2,12,14,15). The Kier molecular flexibility index (Phi) is 2.58. The fraction of sp³-hybridized carbons (Fsp3) is 0.125. The van der Waals surface area contributed by atoms with E-state index in [1.54, 1.807) is 0 Å². The van der Waals surface area contributed by atoms with Crippen molar-refractivity contribution in [2.75, 3.05) is 5.73 Å². The van der Waals surface area contributed by atoms with Crippen LogP contribution in [0.4, 0.5) is 19.2 Å². The molecule has 6 nitrogen and oxygen atoms in total. The number of anilines is 1. The second kappa shape index (κ2) is 3.92. The van der Waals surface area contributed by atoms with Gasteiger partial charge in [-0.1, -0.05) is 5.16 Å². The van der Waals surface area contributed by atoms with E-state index in [2.05, 4.69) is 24.4 Å². The third-order valence-electron chi connectivity index (χ3n) is 1.64. The topological polar surface area (TPSA) is 87.1 Å². The Morgan fingerprint density at radius 3 is 2.53 bits per heavy atom. The van der Waals surface area contributed by atoms with E-state index in [1.807, 2.05) is 0 Å². The molecule has 9 heteroatoms. The average molecular weight is 246 g/mol. The number of nitrogens with two attached hydrogens (primary N) is 1. The Morgan fingerprint density at radius 1 is 1.29 bits per heavy atom. The van der Waals surface area contributed by atoms with Crippen molar-refractivity contribution >= 4 is 6.01 Å². The number of ether oxygens (including phenoxy) is 1. The molecule has 2 heterocycles. The van der Waals surface area contributed by atoms with E-state index in [1.165, 1.54) is 6.07 Å². The minimum absolute atomic E-state index is 0.0843. The first-order chi connectivity index (χ1) is 7.94. The molecule has 0 fully saturated rings. The molecule has 2 aromatic rings. The van der Waals surface area contributed by atoms with E-state index in [0.717, 1.165) is 12.3 Å². The van der Waals surface area contributed by atoms with Gasteiger partial charge in [-0.2, -0.15) is 4.98 Å². The highest BCUT2D eigenvalue weighted by Gasteiger charge is 2.31. The molecule has 2 aromatic heterocycles. The predicted molar refractivity (Wildman–Crippen MR) is 48.6 cm³/mol. The van der Waals surface area contributed by atoms with Crippen LogP contribution in [0.2, 0.25) is 0 Å². The minimum Gasteiger partial charge on any atom is -0.404 e. The minimum atomic E-state index is -4.75. The zero-order chi connectivity index (χ0) is 12.5. The molecule has 0 saturated carbocycles. The Morgan fingerprint density at radius 2 is 2.06 bits per heavy atom. The number of halogens is 3. The van der Waals surface area contributed by atoms with Crippen molar-refractivity contribution in [3.63, 3.8) is 0 Å². The fourth-order valence-corrected chi connectivity index (χ4v) is 1.05. The number of nitrogen functional groups attached to an aromatic ring is 1. The molecule has 17 heavy (non-hydrogen) atoms. The Labute approximate surface area is 92.2 Å². The normalized spacial score (nSPS) is 11.5. The van der Waals surface area contributed by atoms with Crippen LogP contribution in [-0.4, -0.2) is 21.5 Å². The van der Waals surface area contributed by atoms with Crippen LogP contribution in [0.5, 0.6) is 5.75 Å². The lowest BCUT2D eigenvalue weighted by atomic mass is 10.3. The lowest BCUT2D eigenvalue weighted by Gasteiger charge is -2.07. The van der Waals surface area contributed by atoms with E-state index >= 15 is 0 Å². The number of hydrogen-bond acceptors (Lipinski definition) is 6. The van der Waals surface area contributed by atoms with Gasteiger partial charge in [-0.15, -0.1) is 13.2 Å². The summed E-state index contributed by atoms with van der Waals surface area (Å²) in [4.78, 5) is 7.34. The third-order valence-corrected chi connectivity index (χ3v) is 1.64. The quantitative estimate of drug-likeness (QED) is 0.866.